The van der Waals surface area contributed by atoms with Gasteiger partial charge in [-0.2, -0.15) is 4.98 Å². The molecule has 0 spiro atoms. The first kappa shape index (κ1) is 28.4. The van der Waals surface area contributed by atoms with Gasteiger partial charge in [-0.3, -0.25) is 4.79 Å². The van der Waals surface area contributed by atoms with E-state index in [4.69, 9.17) is 16.6 Å². The fraction of sp³-hybridized carbons (Fsp3) is 0.333. The van der Waals surface area contributed by atoms with Crippen LogP contribution in [-0.2, 0) is 4.79 Å². The molecule has 1 aliphatic heterocycles. The molecule has 1 fully saturated rings. The summed E-state index contributed by atoms with van der Waals surface area (Å²) in [6.45, 7) is 14.1. The van der Waals surface area contributed by atoms with Crippen molar-refractivity contribution in [1.82, 2.24) is 29.4 Å². The van der Waals surface area contributed by atoms with E-state index in [9.17, 15) is 14.0 Å². The van der Waals surface area contributed by atoms with Crippen molar-refractivity contribution in [1.29, 1.82) is 0 Å². The molecular formula is C30H31ClFN7O2. The minimum Gasteiger partial charge on any atom is -0.349 e. The molecular weight excluding hydrogens is 545 g/mol. The number of halogens is 2. The lowest BCUT2D eigenvalue weighted by molar-refractivity contribution is -0.128. The summed E-state index contributed by atoms with van der Waals surface area (Å²) in [5, 5.41) is 0.720. The minimum absolute atomic E-state index is 0.0389. The van der Waals surface area contributed by atoms with Crippen molar-refractivity contribution in [3.8, 4) is 16.9 Å². The van der Waals surface area contributed by atoms with Gasteiger partial charge in [-0.15, -0.1) is 0 Å². The van der Waals surface area contributed by atoms with Crippen molar-refractivity contribution in [2.45, 2.75) is 52.6 Å². The quantitative estimate of drug-likeness (QED) is 0.306. The maximum absolute atomic E-state index is 14.9. The number of anilines is 1. The van der Waals surface area contributed by atoms with Crippen LogP contribution in [0.3, 0.4) is 0 Å². The van der Waals surface area contributed by atoms with E-state index in [2.05, 4.69) is 21.5 Å². The maximum atomic E-state index is 14.9. The molecule has 0 radical (unpaired) electrons. The number of aromatic nitrogens is 5. The Hall–Kier alpha value is -4.18. The Kier molecular flexibility index (Phi) is 7.61. The average molecular weight is 576 g/mol. The molecule has 9 nitrogen and oxygen atoms in total. The molecule has 1 aliphatic rings. The van der Waals surface area contributed by atoms with Crippen molar-refractivity contribution in [3.63, 3.8) is 0 Å². The standard InChI is InChI=1S/C30H31ClFN7O2/c1-7-24(40)37-13-18(5)38(14-17(37)4)28-21-12-22(31)26(20-10-8-9-11-23(20)32)35-29(21)39(30(41)36-28)27-19(6)33-15-34-25(27)16(2)3/h7-12,15-18H,1,13-14H2,2-6H3. The molecule has 11 heteroatoms. The zero-order chi connectivity index (χ0) is 29.6. The van der Waals surface area contributed by atoms with Gasteiger partial charge >= 0.3 is 5.69 Å². The normalized spacial score (nSPS) is 17.4. The fourth-order valence-corrected chi connectivity index (χ4v) is 5.65. The van der Waals surface area contributed by atoms with Crippen molar-refractivity contribution in [2.24, 2.45) is 0 Å². The predicted octanol–water partition coefficient (Wildman–Crippen LogP) is 5.07. The highest BCUT2D eigenvalue weighted by Gasteiger charge is 2.34. The van der Waals surface area contributed by atoms with Gasteiger partial charge in [-0.05, 0) is 51.0 Å². The summed E-state index contributed by atoms with van der Waals surface area (Å²) < 4.78 is 16.3. The number of aryl methyl sites for hydroxylation is 1. The summed E-state index contributed by atoms with van der Waals surface area (Å²) in [7, 11) is 0. The zero-order valence-electron chi connectivity index (χ0n) is 23.6. The SMILES string of the molecule is C=CC(=O)N1CC(C)N(c2nc(=O)n(-c3c(C)ncnc3C(C)C)c3nc(-c4ccccc4F)c(Cl)cc23)CC1C. The molecule has 2 atom stereocenters. The van der Waals surface area contributed by atoms with E-state index in [1.807, 2.05) is 32.6 Å². The molecule has 4 heterocycles. The van der Waals surface area contributed by atoms with Gasteiger partial charge in [0, 0.05) is 30.7 Å². The van der Waals surface area contributed by atoms with E-state index in [0.29, 0.717) is 41.4 Å². The van der Waals surface area contributed by atoms with Crippen molar-refractivity contribution >= 4 is 34.4 Å². The number of carbonyl (C=O) groups excluding carboxylic acids is 1. The molecule has 212 valence electrons. The first-order chi connectivity index (χ1) is 19.5. The van der Waals surface area contributed by atoms with Crippen LogP contribution in [0.25, 0.3) is 28.0 Å². The summed E-state index contributed by atoms with van der Waals surface area (Å²) in [5.74, 6) is -0.293. The van der Waals surface area contributed by atoms with Gasteiger partial charge in [0.05, 0.1) is 33.2 Å². The Morgan fingerprint density at radius 2 is 1.88 bits per heavy atom. The second-order valence-corrected chi connectivity index (χ2v) is 11.0. The smallest absolute Gasteiger partial charge is 0.349 e. The van der Waals surface area contributed by atoms with Gasteiger partial charge in [0.1, 0.15) is 18.0 Å². The first-order valence-corrected chi connectivity index (χ1v) is 13.8. The number of benzene rings is 1. The molecule has 0 aliphatic carbocycles. The van der Waals surface area contributed by atoms with Gasteiger partial charge in [0.25, 0.3) is 0 Å². The number of hydrogen-bond acceptors (Lipinski definition) is 7. The number of fused-ring (bicyclic) bond motifs is 1. The zero-order valence-corrected chi connectivity index (χ0v) is 24.4. The van der Waals surface area contributed by atoms with Crippen LogP contribution >= 0.6 is 11.6 Å². The number of amides is 1. The van der Waals surface area contributed by atoms with E-state index >= 15 is 0 Å². The number of carbonyl (C=O) groups is 1. The second-order valence-electron chi connectivity index (χ2n) is 10.6. The highest BCUT2D eigenvalue weighted by molar-refractivity contribution is 6.33. The van der Waals surface area contributed by atoms with Crippen LogP contribution in [0.1, 0.15) is 45.0 Å². The number of piperazine rings is 1. The fourth-order valence-electron chi connectivity index (χ4n) is 5.40. The van der Waals surface area contributed by atoms with Gasteiger partial charge in [-0.25, -0.2) is 28.7 Å². The lowest BCUT2D eigenvalue weighted by atomic mass is 10.1. The maximum Gasteiger partial charge on any atom is 0.355 e. The predicted molar refractivity (Wildman–Crippen MR) is 158 cm³/mol. The third-order valence-electron chi connectivity index (χ3n) is 7.45. The molecule has 5 rings (SSSR count). The first-order valence-electron chi connectivity index (χ1n) is 13.4. The molecule has 0 N–H and O–H groups in total. The molecule has 1 amide bonds. The molecule has 2 unspecified atom stereocenters. The van der Waals surface area contributed by atoms with Crippen LogP contribution in [-0.4, -0.2) is 60.5 Å². The van der Waals surface area contributed by atoms with Crippen LogP contribution in [0, 0.1) is 12.7 Å². The van der Waals surface area contributed by atoms with Crippen LogP contribution < -0.4 is 10.6 Å². The highest BCUT2D eigenvalue weighted by atomic mass is 35.5. The van der Waals surface area contributed by atoms with Crippen LogP contribution in [0.4, 0.5) is 10.2 Å². The van der Waals surface area contributed by atoms with E-state index in [1.54, 1.807) is 36.1 Å². The number of rotatable bonds is 5. The Labute approximate surface area is 242 Å². The highest BCUT2D eigenvalue weighted by Crippen LogP contribution is 2.36. The Balaban J connectivity index is 1.83. The average Bonchev–Trinajstić information content (AvgIpc) is 2.94. The van der Waals surface area contributed by atoms with Crippen molar-refractivity contribution < 1.29 is 9.18 Å². The van der Waals surface area contributed by atoms with Crippen LogP contribution in [0.15, 0.2) is 54.1 Å². The lowest BCUT2D eigenvalue weighted by Gasteiger charge is -2.44. The summed E-state index contributed by atoms with van der Waals surface area (Å²) in [6.07, 6.45) is 2.77. The Bertz CT molecular complexity index is 1740. The van der Waals surface area contributed by atoms with Crippen LogP contribution in [0.2, 0.25) is 5.02 Å². The van der Waals surface area contributed by atoms with E-state index in [-0.39, 0.29) is 45.8 Å². The monoisotopic (exact) mass is 575 g/mol. The molecule has 0 bridgehead atoms. The summed E-state index contributed by atoms with van der Waals surface area (Å²) in [4.78, 5) is 48.4. The summed E-state index contributed by atoms with van der Waals surface area (Å²) in [5.41, 5.74) is 1.79. The molecule has 3 aromatic heterocycles. The molecule has 41 heavy (non-hydrogen) atoms. The number of nitrogens with zero attached hydrogens (tertiary/aromatic N) is 7. The Morgan fingerprint density at radius 3 is 2.56 bits per heavy atom. The van der Waals surface area contributed by atoms with Crippen molar-refractivity contribution in [3.05, 3.63) is 82.0 Å². The van der Waals surface area contributed by atoms with Crippen LogP contribution in [0.5, 0.6) is 0 Å². The summed E-state index contributed by atoms with van der Waals surface area (Å²) in [6, 6.07) is 7.54. The van der Waals surface area contributed by atoms with Crippen molar-refractivity contribution in [2.75, 3.05) is 18.0 Å². The number of hydrogen-bond donors (Lipinski definition) is 0. The number of pyridine rings is 1. The third-order valence-corrected chi connectivity index (χ3v) is 7.74. The topological polar surface area (TPSA) is 97.1 Å². The summed E-state index contributed by atoms with van der Waals surface area (Å²) >= 11 is 6.77. The second kappa shape index (κ2) is 11.0. The minimum atomic E-state index is -0.578. The lowest BCUT2D eigenvalue weighted by Crippen LogP contribution is -2.58. The van der Waals surface area contributed by atoms with E-state index in [1.165, 1.54) is 23.0 Å². The van der Waals surface area contributed by atoms with Gasteiger partial charge in [0.15, 0.2) is 5.65 Å². The third kappa shape index (κ3) is 4.97. The Morgan fingerprint density at radius 1 is 1.15 bits per heavy atom. The van der Waals surface area contributed by atoms with Gasteiger partial charge in [-0.1, -0.05) is 44.2 Å². The van der Waals surface area contributed by atoms with E-state index in [0.717, 1.165) is 0 Å². The molecule has 1 saturated heterocycles. The van der Waals surface area contributed by atoms with Gasteiger partial charge < -0.3 is 9.80 Å². The molecule has 4 aromatic rings. The molecule has 1 aromatic carbocycles. The largest absolute Gasteiger partial charge is 0.355 e. The molecule has 0 saturated carbocycles. The van der Waals surface area contributed by atoms with Gasteiger partial charge in [0.2, 0.25) is 5.91 Å². The van der Waals surface area contributed by atoms with E-state index < -0.39 is 11.5 Å².